The first kappa shape index (κ1) is 11.4. The van der Waals surface area contributed by atoms with Crippen LogP contribution < -0.4 is 10.1 Å². The second kappa shape index (κ2) is 4.86. The van der Waals surface area contributed by atoms with E-state index in [1.54, 1.807) is 0 Å². The maximum atomic E-state index is 5.73. The molecule has 3 nitrogen and oxygen atoms in total. The highest BCUT2D eigenvalue weighted by atomic mass is 16.5. The molecule has 0 bridgehead atoms. The van der Waals surface area contributed by atoms with E-state index in [-0.39, 0.29) is 0 Å². The van der Waals surface area contributed by atoms with Gasteiger partial charge in [-0.3, -0.25) is 0 Å². The Balaban J connectivity index is 1.80. The molecule has 94 valence electrons. The molecule has 1 unspecified atom stereocenters. The lowest BCUT2D eigenvalue weighted by Gasteiger charge is -2.13. The zero-order valence-corrected chi connectivity index (χ0v) is 10.6. The van der Waals surface area contributed by atoms with Gasteiger partial charge in [-0.15, -0.1) is 0 Å². The Hall–Kier alpha value is -1.74. The minimum Gasteiger partial charge on any atom is -0.493 e. The summed E-state index contributed by atoms with van der Waals surface area (Å²) < 4.78 is 8.04. The Bertz CT molecular complexity index is 533. The molecule has 0 aliphatic carbocycles. The molecular formula is C15H18N2O. The van der Waals surface area contributed by atoms with E-state index in [0.717, 1.165) is 25.4 Å². The van der Waals surface area contributed by atoms with Crippen molar-refractivity contribution in [3.05, 3.63) is 53.9 Å². The number of aromatic nitrogens is 1. The Morgan fingerprint density at radius 1 is 1.28 bits per heavy atom. The first-order chi connectivity index (χ1) is 8.88. The van der Waals surface area contributed by atoms with Crippen LogP contribution in [0.3, 0.4) is 0 Å². The monoisotopic (exact) mass is 242 g/mol. The van der Waals surface area contributed by atoms with Crippen LogP contribution in [0.25, 0.3) is 0 Å². The Morgan fingerprint density at radius 3 is 3.06 bits per heavy atom. The number of benzene rings is 1. The van der Waals surface area contributed by atoms with E-state index in [1.165, 1.54) is 11.3 Å². The average Bonchev–Trinajstić information content (AvgIpc) is 2.99. The minimum atomic E-state index is 0.462. The number of hydrogen-bond donors (Lipinski definition) is 1. The highest BCUT2D eigenvalue weighted by Crippen LogP contribution is 2.34. The van der Waals surface area contributed by atoms with Crippen LogP contribution in [-0.2, 0) is 13.1 Å². The maximum absolute atomic E-state index is 5.73. The molecule has 0 radical (unpaired) electrons. The largest absolute Gasteiger partial charge is 0.493 e. The summed E-state index contributed by atoms with van der Waals surface area (Å²) in [5, 5.41) is 3.20. The van der Waals surface area contributed by atoms with Gasteiger partial charge in [-0.25, -0.2) is 0 Å². The van der Waals surface area contributed by atoms with E-state index in [9.17, 15) is 0 Å². The van der Waals surface area contributed by atoms with Gasteiger partial charge in [-0.2, -0.15) is 0 Å². The molecule has 2 aromatic rings. The highest BCUT2D eigenvalue weighted by Gasteiger charge is 2.24. The average molecular weight is 242 g/mol. The van der Waals surface area contributed by atoms with Crippen LogP contribution in [0.1, 0.15) is 17.2 Å². The van der Waals surface area contributed by atoms with Crippen molar-refractivity contribution in [1.29, 1.82) is 0 Å². The van der Waals surface area contributed by atoms with Gasteiger partial charge in [0.05, 0.1) is 6.61 Å². The van der Waals surface area contributed by atoms with Gasteiger partial charge < -0.3 is 14.6 Å². The summed E-state index contributed by atoms with van der Waals surface area (Å²) in [5.41, 5.74) is 2.66. The molecule has 2 heterocycles. The number of ether oxygens (including phenoxy) is 1. The smallest absolute Gasteiger partial charge is 0.122 e. The summed E-state index contributed by atoms with van der Waals surface area (Å²) in [4.78, 5) is 0. The molecule has 1 aliphatic heterocycles. The predicted octanol–water partition coefficient (Wildman–Crippen LogP) is 2.38. The summed E-state index contributed by atoms with van der Waals surface area (Å²) in [5.74, 6) is 1.51. The van der Waals surface area contributed by atoms with E-state index < -0.39 is 0 Å². The van der Waals surface area contributed by atoms with Crippen molar-refractivity contribution in [1.82, 2.24) is 9.88 Å². The molecule has 1 aliphatic rings. The van der Waals surface area contributed by atoms with Crippen molar-refractivity contribution < 1.29 is 4.74 Å². The van der Waals surface area contributed by atoms with E-state index in [1.807, 2.05) is 13.1 Å². The van der Waals surface area contributed by atoms with Gasteiger partial charge in [-0.05, 0) is 25.2 Å². The van der Waals surface area contributed by atoms with Crippen molar-refractivity contribution in [2.75, 3.05) is 13.7 Å². The lowest BCUT2D eigenvalue weighted by atomic mass is 10.0. The molecule has 3 rings (SSSR count). The Labute approximate surface area is 107 Å². The number of nitrogens with one attached hydrogen (secondary N) is 1. The lowest BCUT2D eigenvalue weighted by Crippen LogP contribution is -2.15. The standard InChI is InChI=1S/C15H18N2O/c1-16-9-13-5-4-8-17(13)10-12-11-18-15-7-3-2-6-14(12)15/h2-8,12,16H,9-11H2,1H3. The third kappa shape index (κ3) is 2.02. The van der Waals surface area contributed by atoms with E-state index in [4.69, 9.17) is 4.74 Å². The van der Waals surface area contributed by atoms with Gasteiger partial charge in [0.1, 0.15) is 5.75 Å². The van der Waals surface area contributed by atoms with Gasteiger partial charge in [0, 0.05) is 36.5 Å². The van der Waals surface area contributed by atoms with Gasteiger partial charge >= 0.3 is 0 Å². The summed E-state index contributed by atoms with van der Waals surface area (Å²) in [6.45, 7) is 2.68. The van der Waals surface area contributed by atoms with Crippen LogP contribution in [-0.4, -0.2) is 18.2 Å². The van der Waals surface area contributed by atoms with Gasteiger partial charge in [0.2, 0.25) is 0 Å². The van der Waals surface area contributed by atoms with Gasteiger partial charge in [0.15, 0.2) is 0 Å². The maximum Gasteiger partial charge on any atom is 0.122 e. The SMILES string of the molecule is CNCc1cccn1CC1COc2ccccc21. The fourth-order valence-corrected chi connectivity index (χ4v) is 2.59. The molecule has 0 amide bonds. The van der Waals surface area contributed by atoms with Crippen molar-refractivity contribution >= 4 is 0 Å². The van der Waals surface area contributed by atoms with Crippen molar-refractivity contribution in [2.45, 2.75) is 19.0 Å². The number of para-hydroxylation sites is 1. The quantitative estimate of drug-likeness (QED) is 0.891. The number of nitrogens with zero attached hydrogens (tertiary/aromatic N) is 1. The summed E-state index contributed by atoms with van der Waals surface area (Å²) >= 11 is 0. The van der Waals surface area contributed by atoms with Crippen molar-refractivity contribution in [2.24, 2.45) is 0 Å². The molecule has 1 aromatic carbocycles. The Morgan fingerprint density at radius 2 is 2.17 bits per heavy atom. The second-order valence-electron chi connectivity index (χ2n) is 4.73. The molecule has 0 spiro atoms. The van der Waals surface area contributed by atoms with Crippen LogP contribution in [0.2, 0.25) is 0 Å². The third-order valence-electron chi connectivity index (χ3n) is 3.50. The van der Waals surface area contributed by atoms with Crippen LogP contribution in [0, 0.1) is 0 Å². The normalized spacial score (nSPS) is 17.5. The molecular weight excluding hydrogens is 224 g/mol. The molecule has 0 saturated carbocycles. The zero-order chi connectivity index (χ0) is 12.4. The van der Waals surface area contributed by atoms with Crippen LogP contribution in [0.5, 0.6) is 5.75 Å². The fourth-order valence-electron chi connectivity index (χ4n) is 2.59. The molecule has 0 saturated heterocycles. The van der Waals surface area contributed by atoms with E-state index in [2.05, 4.69) is 46.4 Å². The first-order valence-electron chi connectivity index (χ1n) is 6.39. The van der Waals surface area contributed by atoms with Crippen LogP contribution in [0.15, 0.2) is 42.6 Å². The molecule has 1 N–H and O–H groups in total. The molecule has 1 aromatic heterocycles. The van der Waals surface area contributed by atoms with Crippen LogP contribution in [0.4, 0.5) is 0 Å². The third-order valence-corrected chi connectivity index (χ3v) is 3.50. The predicted molar refractivity (Wildman–Crippen MR) is 71.9 cm³/mol. The summed E-state index contributed by atoms with van der Waals surface area (Å²) in [6, 6.07) is 12.6. The molecule has 0 fully saturated rings. The fraction of sp³-hybridized carbons (Fsp3) is 0.333. The molecule has 1 atom stereocenters. The second-order valence-corrected chi connectivity index (χ2v) is 4.73. The summed E-state index contributed by atoms with van der Waals surface area (Å²) in [7, 11) is 1.98. The van der Waals surface area contributed by atoms with E-state index in [0.29, 0.717) is 5.92 Å². The number of hydrogen-bond acceptors (Lipinski definition) is 2. The van der Waals surface area contributed by atoms with Crippen molar-refractivity contribution in [3.63, 3.8) is 0 Å². The highest BCUT2D eigenvalue weighted by molar-refractivity contribution is 5.39. The first-order valence-corrected chi connectivity index (χ1v) is 6.39. The zero-order valence-electron chi connectivity index (χ0n) is 10.6. The van der Waals surface area contributed by atoms with Crippen molar-refractivity contribution in [3.8, 4) is 5.75 Å². The minimum absolute atomic E-state index is 0.462. The van der Waals surface area contributed by atoms with Crippen LogP contribution >= 0.6 is 0 Å². The Kier molecular flexibility index (Phi) is 3.07. The van der Waals surface area contributed by atoms with Gasteiger partial charge in [-0.1, -0.05) is 18.2 Å². The lowest BCUT2D eigenvalue weighted by molar-refractivity contribution is 0.318. The molecule has 18 heavy (non-hydrogen) atoms. The topological polar surface area (TPSA) is 26.2 Å². The molecule has 3 heteroatoms. The number of rotatable bonds is 4. The van der Waals surface area contributed by atoms with E-state index >= 15 is 0 Å². The van der Waals surface area contributed by atoms with Gasteiger partial charge in [0.25, 0.3) is 0 Å². The number of fused-ring (bicyclic) bond motifs is 1. The summed E-state index contributed by atoms with van der Waals surface area (Å²) in [6.07, 6.45) is 2.15.